The van der Waals surface area contributed by atoms with Gasteiger partial charge in [-0.05, 0) is 57.4 Å². The Morgan fingerprint density at radius 3 is 2.45 bits per heavy atom. The Balaban J connectivity index is 2.00. The summed E-state index contributed by atoms with van der Waals surface area (Å²) in [5.41, 5.74) is -0.529. The van der Waals surface area contributed by atoms with Crippen LogP contribution in [-0.2, 0) is 19.6 Å². The number of benzene rings is 1. The van der Waals surface area contributed by atoms with Crippen LogP contribution >= 0.6 is 0 Å². The number of nitrogens with zero attached hydrogens (tertiary/aromatic N) is 2. The monoisotopic (exact) mass is 453 g/mol. The summed E-state index contributed by atoms with van der Waals surface area (Å²) in [6, 6.07) is 4.02. The minimum Gasteiger partial charge on any atom is -0.351 e. The maximum atomic E-state index is 13.7. The summed E-state index contributed by atoms with van der Waals surface area (Å²) in [5.74, 6) is -1.48. The van der Waals surface area contributed by atoms with Crippen LogP contribution in [-0.4, -0.2) is 55.0 Å². The Bertz CT molecular complexity index is 944. The molecule has 2 aliphatic rings. The molecule has 7 nitrogen and oxygen atoms in total. The second kappa shape index (κ2) is 9.24. The molecular weight excluding hydrogens is 421 g/mol. The molecule has 2 fully saturated rings. The fourth-order valence-corrected chi connectivity index (χ4v) is 5.67. The van der Waals surface area contributed by atoms with Crippen molar-refractivity contribution in [1.29, 1.82) is 0 Å². The highest BCUT2D eigenvalue weighted by atomic mass is 32.2. The molecule has 1 aromatic carbocycles. The molecule has 1 N–H and O–H groups in total. The smallest absolute Gasteiger partial charge is 0.247 e. The fourth-order valence-electron chi connectivity index (χ4n) is 4.55. The molecule has 1 aromatic rings. The molecule has 2 amide bonds. The van der Waals surface area contributed by atoms with E-state index in [0.717, 1.165) is 42.8 Å². The van der Waals surface area contributed by atoms with E-state index >= 15 is 0 Å². The van der Waals surface area contributed by atoms with Crippen LogP contribution in [0.1, 0.15) is 57.9 Å². The molecule has 1 saturated carbocycles. The predicted molar refractivity (Wildman–Crippen MR) is 118 cm³/mol. The lowest BCUT2D eigenvalue weighted by Gasteiger charge is -2.47. The maximum absolute atomic E-state index is 13.7. The van der Waals surface area contributed by atoms with Gasteiger partial charge in [-0.25, -0.2) is 12.8 Å². The lowest BCUT2D eigenvalue weighted by Crippen LogP contribution is -2.71. The van der Waals surface area contributed by atoms with E-state index in [1.807, 2.05) is 0 Å². The summed E-state index contributed by atoms with van der Waals surface area (Å²) < 4.78 is 39.9. The largest absolute Gasteiger partial charge is 0.351 e. The lowest BCUT2D eigenvalue weighted by atomic mass is 9.92. The summed E-state index contributed by atoms with van der Waals surface area (Å²) in [6.45, 7) is 4.28. The zero-order valence-corrected chi connectivity index (χ0v) is 19.3. The first-order valence-corrected chi connectivity index (χ1v) is 12.6. The number of hydrogen-bond acceptors (Lipinski definition) is 4. The van der Waals surface area contributed by atoms with Crippen LogP contribution in [0.4, 0.5) is 10.1 Å². The van der Waals surface area contributed by atoms with Gasteiger partial charge in [0.1, 0.15) is 11.4 Å². The number of halogens is 1. The van der Waals surface area contributed by atoms with Crippen LogP contribution in [0.15, 0.2) is 18.2 Å². The molecule has 1 aliphatic heterocycles. The number of aryl methyl sites for hydroxylation is 1. The van der Waals surface area contributed by atoms with Gasteiger partial charge < -0.3 is 5.32 Å². The highest BCUT2D eigenvalue weighted by Crippen LogP contribution is 2.33. The van der Waals surface area contributed by atoms with Gasteiger partial charge in [0, 0.05) is 18.3 Å². The number of sulfonamides is 1. The van der Waals surface area contributed by atoms with Crippen molar-refractivity contribution in [1.82, 2.24) is 9.62 Å². The van der Waals surface area contributed by atoms with Gasteiger partial charge in [0.05, 0.1) is 12.3 Å². The van der Waals surface area contributed by atoms with Crippen LogP contribution in [0.3, 0.4) is 0 Å². The van der Waals surface area contributed by atoms with Gasteiger partial charge in [0.25, 0.3) is 0 Å². The normalized spacial score (nSPS) is 24.1. The van der Waals surface area contributed by atoms with E-state index in [1.165, 1.54) is 30.0 Å². The molecular formula is C22H32FN3O4S. The fraction of sp³-hybridized carbons (Fsp3) is 0.636. The Morgan fingerprint density at radius 2 is 1.87 bits per heavy atom. The van der Waals surface area contributed by atoms with Crippen molar-refractivity contribution in [2.45, 2.75) is 70.9 Å². The van der Waals surface area contributed by atoms with Gasteiger partial charge >= 0.3 is 0 Å². The molecule has 0 radical (unpaired) electrons. The molecule has 172 valence electrons. The zero-order valence-electron chi connectivity index (χ0n) is 18.5. The first kappa shape index (κ1) is 23.7. The molecule has 0 aromatic heterocycles. The van der Waals surface area contributed by atoms with Crippen molar-refractivity contribution in [2.24, 2.45) is 0 Å². The number of carbonyl (C=O) groups excluding carboxylic acids is 2. The summed E-state index contributed by atoms with van der Waals surface area (Å²) in [6.07, 6.45) is 6.04. The van der Waals surface area contributed by atoms with E-state index in [2.05, 4.69) is 5.32 Å². The molecule has 3 rings (SSSR count). The van der Waals surface area contributed by atoms with E-state index in [-0.39, 0.29) is 30.8 Å². The van der Waals surface area contributed by atoms with Gasteiger partial charge in [-0.15, -0.1) is 0 Å². The molecule has 1 saturated heterocycles. The summed E-state index contributed by atoms with van der Waals surface area (Å²) in [4.78, 5) is 28.1. The predicted octanol–water partition coefficient (Wildman–Crippen LogP) is 2.73. The Hall–Kier alpha value is -2.00. The number of anilines is 1. The minimum atomic E-state index is -3.67. The van der Waals surface area contributed by atoms with Crippen molar-refractivity contribution in [3.63, 3.8) is 0 Å². The van der Waals surface area contributed by atoms with Crippen LogP contribution in [0.5, 0.6) is 0 Å². The lowest BCUT2D eigenvalue weighted by molar-refractivity contribution is -0.133. The van der Waals surface area contributed by atoms with Gasteiger partial charge in [-0.3, -0.25) is 14.5 Å². The van der Waals surface area contributed by atoms with E-state index in [0.29, 0.717) is 11.3 Å². The zero-order chi connectivity index (χ0) is 22.8. The first-order chi connectivity index (χ1) is 14.6. The third-order valence-corrected chi connectivity index (χ3v) is 8.15. The number of amides is 2. The van der Waals surface area contributed by atoms with E-state index in [4.69, 9.17) is 0 Å². The Morgan fingerprint density at radius 1 is 1.23 bits per heavy atom. The molecule has 1 heterocycles. The van der Waals surface area contributed by atoms with E-state index in [1.54, 1.807) is 13.8 Å². The summed E-state index contributed by atoms with van der Waals surface area (Å²) in [7, 11) is -3.67. The average molecular weight is 454 g/mol. The van der Waals surface area contributed by atoms with Crippen LogP contribution in [0, 0.1) is 12.7 Å². The van der Waals surface area contributed by atoms with Crippen LogP contribution < -0.4 is 10.2 Å². The number of nitrogens with one attached hydrogen (secondary N) is 1. The van der Waals surface area contributed by atoms with Gasteiger partial charge in [0.2, 0.25) is 21.8 Å². The van der Waals surface area contributed by atoms with Crippen molar-refractivity contribution < 1.29 is 22.4 Å². The summed E-state index contributed by atoms with van der Waals surface area (Å²) in [5, 5.41) is 3.08. The van der Waals surface area contributed by atoms with Crippen molar-refractivity contribution in [3.05, 3.63) is 29.6 Å². The molecule has 0 unspecified atom stereocenters. The molecule has 1 atom stereocenters. The number of piperazine rings is 1. The summed E-state index contributed by atoms with van der Waals surface area (Å²) >= 11 is 0. The van der Waals surface area contributed by atoms with Crippen LogP contribution in [0.25, 0.3) is 0 Å². The topological polar surface area (TPSA) is 86.8 Å². The Kier molecular flexibility index (Phi) is 7.05. The highest BCUT2D eigenvalue weighted by molar-refractivity contribution is 7.89. The van der Waals surface area contributed by atoms with E-state index < -0.39 is 27.3 Å². The third kappa shape index (κ3) is 4.92. The molecule has 0 bridgehead atoms. The average Bonchev–Trinajstić information content (AvgIpc) is 2.97. The second-order valence-electron chi connectivity index (χ2n) is 8.76. The number of rotatable bonds is 5. The molecule has 9 heteroatoms. The quantitative estimate of drug-likeness (QED) is 0.695. The maximum Gasteiger partial charge on any atom is 0.247 e. The molecule has 1 aliphatic carbocycles. The number of carbonyl (C=O) groups is 2. The van der Waals surface area contributed by atoms with Gasteiger partial charge in [-0.1, -0.05) is 25.7 Å². The van der Waals surface area contributed by atoms with Crippen molar-refractivity contribution in [2.75, 3.05) is 23.7 Å². The number of hydrogen-bond donors (Lipinski definition) is 1. The van der Waals surface area contributed by atoms with E-state index in [9.17, 15) is 22.4 Å². The first-order valence-electron chi connectivity index (χ1n) is 11.0. The van der Waals surface area contributed by atoms with Gasteiger partial charge in [0.15, 0.2) is 0 Å². The van der Waals surface area contributed by atoms with Crippen molar-refractivity contribution >= 4 is 27.5 Å². The van der Waals surface area contributed by atoms with Crippen molar-refractivity contribution in [3.8, 4) is 0 Å². The third-order valence-electron chi connectivity index (χ3n) is 6.38. The Labute approximate surface area is 184 Å². The second-order valence-corrected chi connectivity index (χ2v) is 11.0. The molecule has 0 spiro atoms. The molecule has 31 heavy (non-hydrogen) atoms. The standard InChI is InChI=1S/C22H32FN3O4S/c1-4-31(29,30)25-14-20(27)26(19-12-11-17(23)13-16(19)2)22(3,15-25)21(28)24-18-9-7-5-6-8-10-18/h11-13,18H,4-10,14-15H2,1-3H3,(H,24,28)/t22-/m0/s1. The highest BCUT2D eigenvalue weighted by Gasteiger charge is 2.51. The van der Waals surface area contributed by atoms with Gasteiger partial charge in [-0.2, -0.15) is 4.31 Å². The minimum absolute atomic E-state index is 0.00347. The SMILES string of the molecule is CCS(=O)(=O)N1CC(=O)N(c2ccc(F)cc2C)[C@](C)(C(=O)NC2CCCCCC2)C1. The van der Waals surface area contributed by atoms with Crippen LogP contribution in [0.2, 0.25) is 0 Å².